The average molecular weight is 388 g/mol. The Morgan fingerprint density at radius 2 is 1.90 bits per heavy atom. The molecule has 0 spiro atoms. The van der Waals surface area contributed by atoms with Crippen molar-refractivity contribution in [3.8, 4) is 11.4 Å². The molecule has 4 rings (SSSR count). The lowest BCUT2D eigenvalue weighted by Gasteiger charge is -2.11. The SMILES string of the molecule is CC(C)n1cc(C(=O)Cc2cc3nc(-c4cncn4C(C)C)ccc3cn2)cn1. The first kappa shape index (κ1) is 19.0. The molecular weight excluding hydrogens is 364 g/mol. The van der Waals surface area contributed by atoms with E-state index in [1.165, 1.54) is 0 Å². The third-order valence-corrected chi connectivity index (χ3v) is 4.91. The van der Waals surface area contributed by atoms with Gasteiger partial charge in [0.15, 0.2) is 5.78 Å². The van der Waals surface area contributed by atoms with E-state index in [0.717, 1.165) is 22.3 Å². The summed E-state index contributed by atoms with van der Waals surface area (Å²) in [6, 6.07) is 6.38. The van der Waals surface area contributed by atoms with Gasteiger partial charge < -0.3 is 4.57 Å². The van der Waals surface area contributed by atoms with E-state index >= 15 is 0 Å². The second-order valence-corrected chi connectivity index (χ2v) is 7.75. The van der Waals surface area contributed by atoms with Gasteiger partial charge in [-0.25, -0.2) is 9.97 Å². The number of carbonyl (C=O) groups excluding carboxylic acids is 1. The minimum Gasteiger partial charge on any atom is -0.327 e. The van der Waals surface area contributed by atoms with Crippen LogP contribution in [0.1, 0.15) is 55.8 Å². The van der Waals surface area contributed by atoms with Crippen molar-refractivity contribution in [1.29, 1.82) is 0 Å². The van der Waals surface area contributed by atoms with Crippen molar-refractivity contribution >= 4 is 16.7 Å². The van der Waals surface area contributed by atoms with Crippen molar-refractivity contribution in [2.75, 3.05) is 0 Å². The summed E-state index contributed by atoms with van der Waals surface area (Å²) in [5.41, 5.74) is 3.93. The van der Waals surface area contributed by atoms with Gasteiger partial charge in [-0.2, -0.15) is 5.10 Å². The summed E-state index contributed by atoms with van der Waals surface area (Å²) in [5.74, 6) is -0.00205. The molecule has 7 heteroatoms. The van der Waals surface area contributed by atoms with E-state index in [1.807, 2.05) is 44.6 Å². The molecule has 29 heavy (non-hydrogen) atoms. The van der Waals surface area contributed by atoms with Crippen LogP contribution in [0.2, 0.25) is 0 Å². The van der Waals surface area contributed by atoms with Crippen molar-refractivity contribution in [2.45, 2.75) is 46.2 Å². The van der Waals surface area contributed by atoms with Gasteiger partial charge in [0, 0.05) is 29.9 Å². The third kappa shape index (κ3) is 3.81. The van der Waals surface area contributed by atoms with Gasteiger partial charge in [0.05, 0.1) is 53.3 Å². The second kappa shape index (κ2) is 7.58. The second-order valence-electron chi connectivity index (χ2n) is 7.75. The topological polar surface area (TPSA) is 78.5 Å². The summed E-state index contributed by atoms with van der Waals surface area (Å²) < 4.78 is 3.87. The summed E-state index contributed by atoms with van der Waals surface area (Å²) in [5, 5.41) is 5.18. The Morgan fingerprint density at radius 1 is 1.07 bits per heavy atom. The number of Topliss-reactive ketones (excluding diaryl/α,β-unsaturated/α-hetero) is 1. The number of hydrogen-bond acceptors (Lipinski definition) is 5. The molecule has 0 saturated heterocycles. The van der Waals surface area contributed by atoms with Gasteiger partial charge in [0.2, 0.25) is 0 Å². The summed E-state index contributed by atoms with van der Waals surface area (Å²) in [4.78, 5) is 26.1. The fourth-order valence-electron chi connectivity index (χ4n) is 3.24. The van der Waals surface area contributed by atoms with Crippen LogP contribution in [-0.2, 0) is 6.42 Å². The fourth-order valence-corrected chi connectivity index (χ4v) is 3.24. The molecule has 148 valence electrons. The molecule has 0 aromatic carbocycles. The molecule has 4 heterocycles. The van der Waals surface area contributed by atoms with Crippen LogP contribution in [0.3, 0.4) is 0 Å². The molecule has 0 saturated carbocycles. The van der Waals surface area contributed by atoms with E-state index in [1.54, 1.807) is 23.3 Å². The molecule has 0 N–H and O–H groups in total. The predicted octanol–water partition coefficient (Wildman–Crippen LogP) is 4.28. The van der Waals surface area contributed by atoms with Crippen LogP contribution in [0, 0.1) is 0 Å². The summed E-state index contributed by atoms with van der Waals surface area (Å²) >= 11 is 0. The van der Waals surface area contributed by atoms with Gasteiger partial charge in [0.1, 0.15) is 0 Å². The van der Waals surface area contributed by atoms with Crippen LogP contribution in [0.5, 0.6) is 0 Å². The Kier molecular flexibility index (Phi) is 4.96. The number of hydrogen-bond donors (Lipinski definition) is 0. The van der Waals surface area contributed by atoms with Gasteiger partial charge in [-0.05, 0) is 45.9 Å². The predicted molar refractivity (Wildman–Crippen MR) is 112 cm³/mol. The maximum atomic E-state index is 12.6. The molecule has 0 atom stereocenters. The number of nitrogens with zero attached hydrogens (tertiary/aromatic N) is 6. The summed E-state index contributed by atoms with van der Waals surface area (Å²) in [6.07, 6.45) is 9.04. The molecule has 0 amide bonds. The van der Waals surface area contributed by atoms with Gasteiger partial charge in [-0.15, -0.1) is 0 Å². The summed E-state index contributed by atoms with van der Waals surface area (Å²) in [7, 11) is 0. The van der Waals surface area contributed by atoms with E-state index in [-0.39, 0.29) is 18.2 Å². The maximum absolute atomic E-state index is 12.6. The zero-order valence-electron chi connectivity index (χ0n) is 17.1. The van der Waals surface area contributed by atoms with E-state index in [2.05, 4.69) is 33.5 Å². The maximum Gasteiger partial charge on any atom is 0.171 e. The van der Waals surface area contributed by atoms with E-state index in [9.17, 15) is 4.79 Å². The lowest BCUT2D eigenvalue weighted by molar-refractivity contribution is 0.0992. The number of pyridine rings is 2. The highest BCUT2D eigenvalue weighted by molar-refractivity contribution is 5.97. The highest BCUT2D eigenvalue weighted by atomic mass is 16.1. The third-order valence-electron chi connectivity index (χ3n) is 4.91. The lowest BCUT2D eigenvalue weighted by Crippen LogP contribution is -2.05. The average Bonchev–Trinajstić information content (AvgIpc) is 3.37. The highest BCUT2D eigenvalue weighted by Gasteiger charge is 2.14. The van der Waals surface area contributed by atoms with Gasteiger partial charge >= 0.3 is 0 Å². The molecule has 0 fully saturated rings. The van der Waals surface area contributed by atoms with Crippen molar-refractivity contribution in [3.05, 3.63) is 60.6 Å². The first-order valence-corrected chi connectivity index (χ1v) is 9.77. The van der Waals surface area contributed by atoms with Crippen LogP contribution < -0.4 is 0 Å². The molecule has 7 nitrogen and oxygen atoms in total. The van der Waals surface area contributed by atoms with Gasteiger partial charge in [-0.1, -0.05) is 0 Å². The van der Waals surface area contributed by atoms with Crippen molar-refractivity contribution in [1.82, 2.24) is 29.3 Å². The minimum atomic E-state index is -0.00205. The number of ketones is 1. The molecule has 4 aromatic heterocycles. The number of fused-ring (bicyclic) bond motifs is 1. The zero-order chi connectivity index (χ0) is 20.5. The Morgan fingerprint density at radius 3 is 2.62 bits per heavy atom. The lowest BCUT2D eigenvalue weighted by atomic mass is 10.1. The van der Waals surface area contributed by atoms with E-state index in [0.29, 0.717) is 17.3 Å². The normalized spacial score (nSPS) is 11.7. The molecule has 0 aliphatic rings. The van der Waals surface area contributed by atoms with Crippen LogP contribution >= 0.6 is 0 Å². The minimum absolute atomic E-state index is 0.00205. The smallest absolute Gasteiger partial charge is 0.171 e. The Bertz CT molecular complexity index is 1170. The van der Waals surface area contributed by atoms with Crippen molar-refractivity contribution < 1.29 is 4.79 Å². The molecule has 0 aliphatic heterocycles. The monoisotopic (exact) mass is 388 g/mol. The Balaban J connectivity index is 1.62. The number of aromatic nitrogens is 6. The highest BCUT2D eigenvalue weighted by Crippen LogP contribution is 2.23. The fraction of sp³-hybridized carbons (Fsp3) is 0.318. The van der Waals surface area contributed by atoms with Crippen molar-refractivity contribution in [2.24, 2.45) is 0 Å². The molecule has 0 unspecified atom stereocenters. The van der Waals surface area contributed by atoms with Gasteiger partial charge in [0.25, 0.3) is 0 Å². The molecule has 4 aromatic rings. The Hall–Kier alpha value is -3.35. The molecule has 0 aliphatic carbocycles. The largest absolute Gasteiger partial charge is 0.327 e. The van der Waals surface area contributed by atoms with E-state index < -0.39 is 0 Å². The molecule has 0 radical (unpaired) electrons. The molecular formula is C22H24N6O. The van der Waals surface area contributed by atoms with Crippen molar-refractivity contribution in [3.63, 3.8) is 0 Å². The first-order chi connectivity index (χ1) is 13.9. The quantitative estimate of drug-likeness (QED) is 0.461. The Labute approximate surface area is 169 Å². The number of imidazole rings is 1. The first-order valence-electron chi connectivity index (χ1n) is 9.77. The van der Waals surface area contributed by atoms with Gasteiger partial charge in [-0.3, -0.25) is 14.5 Å². The van der Waals surface area contributed by atoms with Crippen LogP contribution in [-0.4, -0.2) is 35.1 Å². The van der Waals surface area contributed by atoms with E-state index in [4.69, 9.17) is 4.98 Å². The zero-order valence-corrected chi connectivity index (χ0v) is 17.1. The summed E-state index contributed by atoms with van der Waals surface area (Å²) in [6.45, 7) is 8.28. The number of carbonyl (C=O) groups is 1. The van der Waals surface area contributed by atoms with Crippen LogP contribution in [0.15, 0.2) is 49.3 Å². The molecule has 0 bridgehead atoms. The van der Waals surface area contributed by atoms with Crippen LogP contribution in [0.25, 0.3) is 22.3 Å². The van der Waals surface area contributed by atoms with Crippen LogP contribution in [0.4, 0.5) is 0 Å². The standard InChI is InChI=1S/C22H24N6O/c1-14(2)27-13-23-11-21(27)19-6-5-16-9-24-18(7-20(16)26-19)8-22(29)17-10-25-28(12-17)15(3)4/h5-7,9-15H,8H2,1-4H3. The number of rotatable bonds is 6.